The molecule has 0 saturated carbocycles. The van der Waals surface area contributed by atoms with Crippen LogP contribution in [0, 0.1) is 0 Å². The molecule has 0 bridgehead atoms. The van der Waals surface area contributed by atoms with Crippen LogP contribution in [-0.4, -0.2) is 0 Å². The second kappa shape index (κ2) is 5.62. The van der Waals surface area contributed by atoms with Crippen molar-refractivity contribution in [2.24, 2.45) is 0 Å². The average Bonchev–Trinajstić information content (AvgIpc) is 1.76. The Bertz CT molecular complexity index is 66.2. The molecule has 1 heterocycles. The van der Waals surface area contributed by atoms with Crippen LogP contribution in [-0.2, 0) is 0 Å². The summed E-state index contributed by atoms with van der Waals surface area (Å²) >= 11 is 1.71. The minimum Gasteiger partial charge on any atom is -0.344 e. The Morgan fingerprint density at radius 3 is 1.43 bits per heavy atom. The Kier molecular flexibility index (Phi) is 7.86. The maximum absolute atomic E-state index is 2.04. The molecule has 0 spiro atoms. The van der Waals surface area contributed by atoms with Gasteiger partial charge in [0.05, 0.1) is 0 Å². The Morgan fingerprint density at radius 1 is 0.857 bits per heavy atom. The lowest BCUT2D eigenvalue weighted by Crippen LogP contribution is -1.16. The van der Waals surface area contributed by atoms with Crippen LogP contribution in [0.2, 0.25) is 0 Å². The van der Waals surface area contributed by atoms with E-state index in [0.717, 1.165) is 0 Å². The summed E-state index contributed by atoms with van der Waals surface area (Å²) in [6.45, 7) is 0. The van der Waals surface area contributed by atoms with Crippen molar-refractivity contribution in [1.82, 2.24) is 12.3 Å². The molecule has 0 fully saturated rings. The minimum atomic E-state index is 0. The molecule has 3 heteroatoms. The Morgan fingerprint density at radius 2 is 1.29 bits per heavy atom. The molecule has 1 rings (SSSR count). The maximum Gasteiger partial charge on any atom is -0.00934 e. The van der Waals surface area contributed by atoms with Crippen LogP contribution in [0.5, 0.6) is 0 Å². The monoisotopic (exact) mass is 118 g/mol. The van der Waals surface area contributed by atoms with Gasteiger partial charge in [-0.15, -0.1) is 0 Å². The zero-order valence-corrected chi connectivity index (χ0v) is 4.95. The first-order chi connectivity index (χ1) is 2.50. The first-order valence-corrected chi connectivity index (χ1v) is 2.41. The molecule has 0 amide bonds. The van der Waals surface area contributed by atoms with Gasteiger partial charge in [-0.25, -0.2) is 0 Å². The lowest BCUT2D eigenvalue weighted by atomic mass is 10.7. The standard InChI is InChI=1S/C4H4S.2H3N/c1-2-4-5-3-1;;/h1-4H;2*1H3. The van der Waals surface area contributed by atoms with Gasteiger partial charge in [-0.1, -0.05) is 12.1 Å². The van der Waals surface area contributed by atoms with E-state index >= 15 is 0 Å². The van der Waals surface area contributed by atoms with E-state index in [1.54, 1.807) is 11.3 Å². The minimum absolute atomic E-state index is 0. The molecule has 0 aliphatic rings. The molecule has 0 unspecified atom stereocenters. The molecule has 0 aliphatic carbocycles. The van der Waals surface area contributed by atoms with E-state index in [-0.39, 0.29) is 12.3 Å². The van der Waals surface area contributed by atoms with Crippen molar-refractivity contribution < 1.29 is 0 Å². The largest absolute Gasteiger partial charge is 0.344 e. The van der Waals surface area contributed by atoms with Crippen molar-refractivity contribution >= 4 is 11.3 Å². The topological polar surface area (TPSA) is 70.0 Å². The highest BCUT2D eigenvalue weighted by molar-refractivity contribution is 7.07. The summed E-state index contributed by atoms with van der Waals surface area (Å²) in [5.74, 6) is 0. The van der Waals surface area contributed by atoms with Gasteiger partial charge in [0.2, 0.25) is 0 Å². The molecule has 0 aliphatic heterocycles. The van der Waals surface area contributed by atoms with Crippen LogP contribution in [0.25, 0.3) is 0 Å². The second-order valence-electron chi connectivity index (χ2n) is 0.793. The summed E-state index contributed by atoms with van der Waals surface area (Å²) in [7, 11) is 0. The molecule has 1 aromatic rings. The Balaban J connectivity index is 0. The van der Waals surface area contributed by atoms with Crippen LogP contribution in [0.3, 0.4) is 0 Å². The zero-order chi connectivity index (χ0) is 3.54. The van der Waals surface area contributed by atoms with Crippen LogP contribution in [0.4, 0.5) is 0 Å². The van der Waals surface area contributed by atoms with E-state index in [4.69, 9.17) is 0 Å². The number of thiophene rings is 1. The van der Waals surface area contributed by atoms with Gasteiger partial charge in [-0.05, 0) is 10.8 Å². The fourth-order valence-electron chi connectivity index (χ4n) is 0.227. The van der Waals surface area contributed by atoms with E-state index in [1.165, 1.54) is 0 Å². The lowest BCUT2D eigenvalue weighted by molar-refractivity contribution is 2.03. The van der Waals surface area contributed by atoms with E-state index in [9.17, 15) is 0 Å². The first-order valence-electron chi connectivity index (χ1n) is 1.47. The molecule has 1 aromatic heterocycles. The quantitative estimate of drug-likeness (QED) is 0.547. The molecule has 2 nitrogen and oxygen atoms in total. The van der Waals surface area contributed by atoms with Crippen molar-refractivity contribution in [2.75, 3.05) is 0 Å². The number of rotatable bonds is 0. The maximum atomic E-state index is 2.04. The predicted octanol–water partition coefficient (Wildman–Crippen LogP) is 2.07. The average molecular weight is 118 g/mol. The highest BCUT2D eigenvalue weighted by atomic mass is 32.1. The van der Waals surface area contributed by atoms with E-state index in [2.05, 4.69) is 0 Å². The molecular weight excluding hydrogens is 108 g/mol. The van der Waals surface area contributed by atoms with E-state index in [1.807, 2.05) is 22.9 Å². The fourth-order valence-corrected chi connectivity index (χ4v) is 0.680. The van der Waals surface area contributed by atoms with Crippen molar-refractivity contribution in [3.05, 3.63) is 22.9 Å². The van der Waals surface area contributed by atoms with Gasteiger partial charge in [-0.3, -0.25) is 0 Å². The summed E-state index contributed by atoms with van der Waals surface area (Å²) in [5, 5.41) is 4.08. The summed E-state index contributed by atoms with van der Waals surface area (Å²) in [6.07, 6.45) is 0. The molecule has 7 heavy (non-hydrogen) atoms. The summed E-state index contributed by atoms with van der Waals surface area (Å²) in [5.41, 5.74) is 0. The van der Waals surface area contributed by atoms with E-state index < -0.39 is 0 Å². The second-order valence-corrected chi connectivity index (χ2v) is 1.61. The number of hydrogen-bond acceptors (Lipinski definition) is 3. The Labute approximate surface area is 47.3 Å². The van der Waals surface area contributed by atoms with Gasteiger partial charge < -0.3 is 12.3 Å². The Hall–Kier alpha value is -0.380. The predicted molar refractivity (Wildman–Crippen MR) is 34.4 cm³/mol. The fraction of sp³-hybridized carbons (Fsp3) is 0. The van der Waals surface area contributed by atoms with E-state index in [0.29, 0.717) is 0 Å². The van der Waals surface area contributed by atoms with Crippen molar-refractivity contribution in [3.63, 3.8) is 0 Å². The third kappa shape index (κ3) is 3.45. The van der Waals surface area contributed by atoms with Crippen molar-refractivity contribution in [2.45, 2.75) is 0 Å². The van der Waals surface area contributed by atoms with Crippen LogP contribution < -0.4 is 12.3 Å². The third-order valence-corrected chi connectivity index (χ3v) is 1.05. The molecule has 42 valence electrons. The molecule has 6 N–H and O–H groups in total. The summed E-state index contributed by atoms with van der Waals surface area (Å²) in [4.78, 5) is 0. The normalized spacial score (nSPS) is 5.71. The molecule has 0 radical (unpaired) electrons. The lowest BCUT2D eigenvalue weighted by Gasteiger charge is -1.39. The van der Waals surface area contributed by atoms with Gasteiger partial charge in [-0.2, -0.15) is 11.3 Å². The van der Waals surface area contributed by atoms with Crippen molar-refractivity contribution in [3.8, 4) is 0 Å². The SMILES string of the molecule is N.N.c1ccsc1. The third-order valence-electron chi connectivity index (χ3n) is 0.425. The molecular formula is C4H10N2S. The highest BCUT2D eigenvalue weighted by Gasteiger charge is 1.58. The smallest absolute Gasteiger partial charge is 0.00934 e. The van der Waals surface area contributed by atoms with Crippen LogP contribution in [0.1, 0.15) is 0 Å². The molecule has 0 saturated heterocycles. The molecule has 0 atom stereocenters. The van der Waals surface area contributed by atoms with Gasteiger partial charge in [0.1, 0.15) is 0 Å². The van der Waals surface area contributed by atoms with Gasteiger partial charge in [0.25, 0.3) is 0 Å². The van der Waals surface area contributed by atoms with Crippen LogP contribution >= 0.6 is 11.3 Å². The van der Waals surface area contributed by atoms with Crippen molar-refractivity contribution in [1.29, 1.82) is 0 Å². The van der Waals surface area contributed by atoms with Gasteiger partial charge in [0.15, 0.2) is 0 Å². The van der Waals surface area contributed by atoms with Crippen LogP contribution in [0.15, 0.2) is 22.9 Å². The van der Waals surface area contributed by atoms with Gasteiger partial charge in [0, 0.05) is 0 Å². The summed E-state index contributed by atoms with van der Waals surface area (Å²) < 4.78 is 0. The zero-order valence-electron chi connectivity index (χ0n) is 4.13. The summed E-state index contributed by atoms with van der Waals surface area (Å²) in [6, 6.07) is 4.04. The molecule has 0 aromatic carbocycles. The van der Waals surface area contributed by atoms with Gasteiger partial charge >= 0.3 is 0 Å². The number of hydrogen-bond donors (Lipinski definition) is 2. The first kappa shape index (κ1) is 9.80. The highest BCUT2D eigenvalue weighted by Crippen LogP contribution is 1.91.